The fourth-order valence-electron chi connectivity index (χ4n) is 3.33. The molecule has 3 heterocycles. The fraction of sp³-hybridized carbons (Fsp3) is 0.500. The van der Waals surface area contributed by atoms with Gasteiger partial charge in [-0.2, -0.15) is 10.2 Å². The summed E-state index contributed by atoms with van der Waals surface area (Å²) in [5, 5.41) is 15.1. The first-order valence-corrected chi connectivity index (χ1v) is 11.1. The smallest absolute Gasteiger partial charge is 0.410 e. The number of benzene rings is 1. The number of piperazine rings is 2. The third-order valence-electron chi connectivity index (χ3n) is 4.91. The first-order chi connectivity index (χ1) is 15.6. The number of hydrogen-bond donors (Lipinski definition) is 2. The summed E-state index contributed by atoms with van der Waals surface area (Å²) in [4.78, 5) is 37.4. The van der Waals surface area contributed by atoms with Crippen LogP contribution in [-0.4, -0.2) is 82.8 Å². The summed E-state index contributed by atoms with van der Waals surface area (Å²) in [6.07, 6.45) is 1.11. The van der Waals surface area contributed by atoms with E-state index < -0.39 is 11.7 Å². The van der Waals surface area contributed by atoms with Crippen molar-refractivity contribution < 1.29 is 19.1 Å². The number of halogens is 1. The van der Waals surface area contributed by atoms with Crippen LogP contribution in [0.2, 0.25) is 5.02 Å². The van der Waals surface area contributed by atoms with Gasteiger partial charge in [-0.1, -0.05) is 23.7 Å². The molecule has 2 aliphatic heterocycles. The summed E-state index contributed by atoms with van der Waals surface area (Å²) in [6, 6.07) is 5.84. The lowest BCUT2D eigenvalue weighted by Crippen LogP contribution is -2.51. The Kier molecular flexibility index (Phi) is 8.04. The first-order valence-electron chi connectivity index (χ1n) is 10.8. The lowest BCUT2D eigenvalue weighted by atomic mass is 10.1. The molecule has 0 unspecified atom stereocenters. The Morgan fingerprint density at radius 1 is 1.21 bits per heavy atom. The van der Waals surface area contributed by atoms with Crippen LogP contribution >= 0.6 is 11.6 Å². The van der Waals surface area contributed by atoms with E-state index in [1.54, 1.807) is 20.8 Å². The molecule has 0 bridgehead atoms. The maximum absolute atomic E-state index is 11.7. The molecule has 10 nitrogen and oxygen atoms in total. The lowest BCUT2D eigenvalue weighted by Gasteiger charge is -2.29. The van der Waals surface area contributed by atoms with Crippen LogP contribution in [0.3, 0.4) is 0 Å². The van der Waals surface area contributed by atoms with Crippen molar-refractivity contribution in [3.05, 3.63) is 35.0 Å². The quantitative estimate of drug-likeness (QED) is 0.675. The molecule has 0 aliphatic carbocycles. The van der Waals surface area contributed by atoms with Gasteiger partial charge < -0.3 is 20.3 Å². The number of amides is 3. The third kappa shape index (κ3) is 7.26. The lowest BCUT2D eigenvalue weighted by molar-refractivity contribution is -0.132. The molecule has 1 aromatic heterocycles. The van der Waals surface area contributed by atoms with Crippen molar-refractivity contribution in [3.8, 4) is 0 Å². The number of rotatable bonds is 2. The highest BCUT2D eigenvalue weighted by atomic mass is 35.5. The van der Waals surface area contributed by atoms with Gasteiger partial charge in [-0.15, -0.1) is 0 Å². The zero-order valence-electron chi connectivity index (χ0n) is 19.1. The molecular weight excluding hydrogens is 448 g/mol. The summed E-state index contributed by atoms with van der Waals surface area (Å²) in [5.74, 6) is -0.00867. The number of carbonyl (C=O) groups is 3. The predicted octanol–water partition coefficient (Wildman–Crippen LogP) is 1.57. The van der Waals surface area contributed by atoms with Crippen LogP contribution in [0.1, 0.15) is 26.3 Å². The van der Waals surface area contributed by atoms with Gasteiger partial charge in [-0.3, -0.25) is 14.5 Å². The van der Waals surface area contributed by atoms with E-state index in [0.717, 1.165) is 29.6 Å². The van der Waals surface area contributed by atoms with Crippen LogP contribution < -0.4 is 10.6 Å². The fourth-order valence-corrected chi connectivity index (χ4v) is 3.53. The van der Waals surface area contributed by atoms with E-state index in [-0.39, 0.29) is 18.4 Å². The molecule has 2 N–H and O–H groups in total. The van der Waals surface area contributed by atoms with E-state index in [9.17, 15) is 14.4 Å². The molecule has 2 fully saturated rings. The van der Waals surface area contributed by atoms with Crippen molar-refractivity contribution in [3.63, 3.8) is 0 Å². The molecule has 1 aromatic carbocycles. The van der Waals surface area contributed by atoms with Gasteiger partial charge in [-0.05, 0) is 32.4 Å². The molecule has 2 aromatic rings. The van der Waals surface area contributed by atoms with Crippen LogP contribution in [0.5, 0.6) is 0 Å². The van der Waals surface area contributed by atoms with Gasteiger partial charge in [0.2, 0.25) is 11.8 Å². The van der Waals surface area contributed by atoms with Crippen molar-refractivity contribution in [1.82, 2.24) is 30.6 Å². The zero-order valence-corrected chi connectivity index (χ0v) is 19.8. The predicted molar refractivity (Wildman–Crippen MR) is 124 cm³/mol. The first kappa shape index (κ1) is 24.7. The van der Waals surface area contributed by atoms with Crippen LogP contribution in [0.4, 0.5) is 4.79 Å². The maximum atomic E-state index is 11.7. The Labute approximate surface area is 197 Å². The molecule has 11 heteroatoms. The summed E-state index contributed by atoms with van der Waals surface area (Å²) in [6.45, 7) is 9.10. The maximum Gasteiger partial charge on any atom is 0.410 e. The number of aromatic nitrogens is 2. The number of ether oxygens (including phenoxy) is 1. The second-order valence-corrected chi connectivity index (χ2v) is 9.20. The number of hydrogen-bond acceptors (Lipinski definition) is 7. The molecule has 3 amide bonds. The third-order valence-corrected chi connectivity index (χ3v) is 5.21. The number of fused-ring (bicyclic) bond motifs is 1. The Morgan fingerprint density at radius 2 is 2.00 bits per heavy atom. The van der Waals surface area contributed by atoms with E-state index in [1.807, 2.05) is 23.1 Å². The Morgan fingerprint density at radius 3 is 2.70 bits per heavy atom. The molecule has 178 valence electrons. The van der Waals surface area contributed by atoms with Crippen molar-refractivity contribution in [2.45, 2.75) is 32.9 Å². The van der Waals surface area contributed by atoms with Gasteiger partial charge in [0.25, 0.3) is 0 Å². The molecule has 4 rings (SSSR count). The molecule has 2 saturated heterocycles. The highest BCUT2D eigenvalue weighted by molar-refractivity contribution is 6.35. The second-order valence-electron chi connectivity index (χ2n) is 8.79. The van der Waals surface area contributed by atoms with Crippen LogP contribution in [0.25, 0.3) is 10.9 Å². The van der Waals surface area contributed by atoms with Gasteiger partial charge >= 0.3 is 6.09 Å². The largest absolute Gasteiger partial charge is 0.444 e. The highest BCUT2D eigenvalue weighted by Gasteiger charge is 2.26. The van der Waals surface area contributed by atoms with Crippen LogP contribution in [0, 0.1) is 0 Å². The van der Waals surface area contributed by atoms with Gasteiger partial charge in [0.05, 0.1) is 23.3 Å². The van der Waals surface area contributed by atoms with Crippen molar-refractivity contribution in [2.24, 2.45) is 0 Å². The van der Waals surface area contributed by atoms with Gasteiger partial charge in [0.1, 0.15) is 12.1 Å². The number of carbonyl (C=O) groups excluding carboxylic acids is 3. The highest BCUT2D eigenvalue weighted by Crippen LogP contribution is 2.22. The molecule has 0 saturated carbocycles. The van der Waals surface area contributed by atoms with E-state index in [2.05, 4.69) is 20.8 Å². The average Bonchev–Trinajstić information content (AvgIpc) is 2.75. The normalized spacial score (nSPS) is 16.7. The summed E-state index contributed by atoms with van der Waals surface area (Å²) >= 11 is 6.05. The molecule has 0 atom stereocenters. The van der Waals surface area contributed by atoms with Gasteiger partial charge in [0, 0.05) is 38.1 Å². The SMILES string of the molecule is CC(C)(C)OC(=O)N1CCNC(=O)C1.O=C1CNCCN1Cc1ccc2c(Cl)cnnc2c1. The Hall–Kier alpha value is -2.98. The second kappa shape index (κ2) is 10.8. The summed E-state index contributed by atoms with van der Waals surface area (Å²) < 4.78 is 5.13. The molecule has 0 radical (unpaired) electrons. The van der Waals surface area contributed by atoms with Gasteiger partial charge in [0.15, 0.2) is 0 Å². The summed E-state index contributed by atoms with van der Waals surface area (Å²) in [5.41, 5.74) is 1.29. The van der Waals surface area contributed by atoms with Crippen molar-refractivity contribution in [1.29, 1.82) is 0 Å². The van der Waals surface area contributed by atoms with E-state index in [0.29, 0.717) is 31.2 Å². The minimum Gasteiger partial charge on any atom is -0.444 e. The van der Waals surface area contributed by atoms with Crippen LogP contribution in [0.15, 0.2) is 24.4 Å². The van der Waals surface area contributed by atoms with Crippen LogP contribution in [-0.2, 0) is 20.9 Å². The van der Waals surface area contributed by atoms with Gasteiger partial charge in [-0.25, -0.2) is 4.79 Å². The minimum atomic E-state index is -0.509. The van der Waals surface area contributed by atoms with Crippen molar-refractivity contribution in [2.75, 3.05) is 39.3 Å². The number of nitrogens with zero attached hydrogens (tertiary/aromatic N) is 4. The standard InChI is InChI=1S/C13H13ClN4O.C9H16N2O3/c14-11-6-16-17-12-5-9(1-2-10(11)12)8-18-4-3-15-7-13(18)19;1-9(2,3)14-8(13)11-5-4-10-7(12)6-11/h1-2,5-6,15H,3-4,7-8H2;4-6H2,1-3H3,(H,10,12). The van der Waals surface area contributed by atoms with E-state index >= 15 is 0 Å². The topological polar surface area (TPSA) is 117 Å². The zero-order chi connectivity index (χ0) is 24.0. The number of nitrogens with one attached hydrogen (secondary N) is 2. The monoisotopic (exact) mass is 476 g/mol. The van der Waals surface area contributed by atoms with Crippen molar-refractivity contribution >= 4 is 40.4 Å². The molecule has 2 aliphatic rings. The average molecular weight is 477 g/mol. The summed E-state index contributed by atoms with van der Waals surface area (Å²) in [7, 11) is 0. The van der Waals surface area contributed by atoms with E-state index in [4.69, 9.17) is 16.3 Å². The molecule has 33 heavy (non-hydrogen) atoms. The molecule has 0 spiro atoms. The van der Waals surface area contributed by atoms with E-state index in [1.165, 1.54) is 11.1 Å². The molecular formula is C22H29ClN6O4. The Bertz CT molecular complexity index is 1030. The minimum absolute atomic E-state index is 0.0922. The Balaban J connectivity index is 0.000000196.